The Labute approximate surface area is 127 Å². The monoisotopic (exact) mass is 315 g/mol. The molecule has 22 heavy (non-hydrogen) atoms. The van der Waals surface area contributed by atoms with E-state index in [2.05, 4.69) is 10.2 Å². The number of nitrogens with zero attached hydrogens (tertiary/aromatic N) is 1. The van der Waals surface area contributed by atoms with E-state index in [1.165, 1.54) is 6.42 Å². The Balaban J connectivity index is 1.91. The molecule has 1 heterocycles. The van der Waals surface area contributed by atoms with Gasteiger partial charge in [0, 0.05) is 25.3 Å². The van der Waals surface area contributed by atoms with E-state index in [-0.39, 0.29) is 6.54 Å². The van der Waals surface area contributed by atoms with Gasteiger partial charge in [0.25, 0.3) is 0 Å². The average molecular weight is 315 g/mol. The second kappa shape index (κ2) is 7.38. The van der Waals surface area contributed by atoms with Gasteiger partial charge in [-0.2, -0.15) is 13.2 Å². The minimum Gasteiger partial charge on any atom is -0.371 e. The van der Waals surface area contributed by atoms with Crippen molar-refractivity contribution >= 4 is 11.7 Å². The number of hydrogen-bond acceptors (Lipinski definition) is 2. The van der Waals surface area contributed by atoms with E-state index >= 15 is 0 Å². The highest BCUT2D eigenvalue weighted by atomic mass is 19.4. The molecule has 7 heteroatoms. The van der Waals surface area contributed by atoms with Crippen LogP contribution in [0.15, 0.2) is 24.3 Å². The molecular weight excluding hydrogens is 295 g/mol. The molecule has 2 rings (SSSR count). The van der Waals surface area contributed by atoms with Crippen LogP contribution in [0.4, 0.5) is 23.7 Å². The second-order valence-corrected chi connectivity index (χ2v) is 5.33. The van der Waals surface area contributed by atoms with Crippen LogP contribution in [0.2, 0.25) is 0 Å². The first-order valence-corrected chi connectivity index (χ1v) is 7.37. The topological polar surface area (TPSA) is 44.4 Å². The van der Waals surface area contributed by atoms with E-state index in [1.807, 2.05) is 24.3 Å². The van der Waals surface area contributed by atoms with Crippen LogP contribution in [-0.4, -0.2) is 31.8 Å². The quantitative estimate of drug-likeness (QED) is 0.897. The summed E-state index contributed by atoms with van der Waals surface area (Å²) in [5.41, 5.74) is 1.95. The Morgan fingerprint density at radius 1 is 1.09 bits per heavy atom. The lowest BCUT2D eigenvalue weighted by Crippen LogP contribution is -2.40. The number of hydrogen-bond donors (Lipinski definition) is 2. The van der Waals surface area contributed by atoms with Gasteiger partial charge in [-0.05, 0) is 30.9 Å². The number of anilines is 1. The molecule has 0 bridgehead atoms. The lowest BCUT2D eigenvalue weighted by atomic mass is 10.1. The van der Waals surface area contributed by atoms with Crippen LogP contribution in [-0.2, 0) is 6.54 Å². The number of para-hydroxylation sites is 1. The summed E-state index contributed by atoms with van der Waals surface area (Å²) in [4.78, 5) is 13.7. The molecule has 2 N–H and O–H groups in total. The molecule has 0 spiro atoms. The molecule has 4 nitrogen and oxygen atoms in total. The zero-order valence-electron chi connectivity index (χ0n) is 12.2. The first kappa shape index (κ1) is 16.5. The van der Waals surface area contributed by atoms with Crippen molar-refractivity contribution in [3.05, 3.63) is 29.8 Å². The number of rotatable bonds is 4. The molecule has 1 aromatic carbocycles. The summed E-state index contributed by atoms with van der Waals surface area (Å²) < 4.78 is 36.1. The number of nitrogens with one attached hydrogen (secondary N) is 2. The lowest BCUT2D eigenvalue weighted by Gasteiger charge is -2.30. The van der Waals surface area contributed by atoms with Crippen LogP contribution in [0.5, 0.6) is 0 Å². The molecule has 1 fully saturated rings. The third-order valence-electron chi connectivity index (χ3n) is 3.58. The molecule has 0 radical (unpaired) electrons. The SMILES string of the molecule is O=C(NCc1ccccc1N1CCCCC1)NCC(F)(F)F. The van der Waals surface area contributed by atoms with Crippen molar-refractivity contribution in [1.82, 2.24) is 10.6 Å². The fourth-order valence-corrected chi connectivity index (χ4v) is 2.52. The summed E-state index contributed by atoms with van der Waals surface area (Å²) in [6, 6.07) is 6.84. The number of benzene rings is 1. The highest BCUT2D eigenvalue weighted by molar-refractivity contribution is 5.74. The third-order valence-corrected chi connectivity index (χ3v) is 3.58. The number of urea groups is 1. The van der Waals surface area contributed by atoms with Crippen molar-refractivity contribution in [2.75, 3.05) is 24.5 Å². The van der Waals surface area contributed by atoms with Gasteiger partial charge in [0.15, 0.2) is 0 Å². The summed E-state index contributed by atoms with van der Waals surface area (Å²) >= 11 is 0. The Morgan fingerprint density at radius 3 is 2.45 bits per heavy atom. The summed E-state index contributed by atoms with van der Waals surface area (Å²) in [5.74, 6) is 0. The fraction of sp³-hybridized carbons (Fsp3) is 0.533. The normalized spacial score (nSPS) is 15.5. The Kier molecular flexibility index (Phi) is 5.51. The van der Waals surface area contributed by atoms with E-state index < -0.39 is 18.8 Å². The molecule has 0 aliphatic carbocycles. The van der Waals surface area contributed by atoms with Crippen molar-refractivity contribution in [3.8, 4) is 0 Å². The van der Waals surface area contributed by atoms with Crippen LogP contribution in [0, 0.1) is 0 Å². The predicted octanol–water partition coefficient (Wildman–Crippen LogP) is 3.04. The van der Waals surface area contributed by atoms with Gasteiger partial charge in [-0.15, -0.1) is 0 Å². The molecule has 1 aliphatic heterocycles. The van der Waals surface area contributed by atoms with Crippen molar-refractivity contribution in [2.24, 2.45) is 0 Å². The molecule has 0 saturated carbocycles. The van der Waals surface area contributed by atoms with Crippen LogP contribution in [0.3, 0.4) is 0 Å². The van der Waals surface area contributed by atoms with Crippen LogP contribution >= 0.6 is 0 Å². The number of carbonyl (C=O) groups is 1. The maximum atomic E-state index is 12.0. The standard InChI is InChI=1S/C15H20F3N3O/c16-15(17,18)11-20-14(22)19-10-12-6-2-3-7-13(12)21-8-4-1-5-9-21/h2-3,6-7H,1,4-5,8-11H2,(H2,19,20,22). The number of piperidine rings is 1. The van der Waals surface area contributed by atoms with Gasteiger partial charge in [0.05, 0.1) is 0 Å². The first-order valence-electron chi connectivity index (χ1n) is 7.37. The van der Waals surface area contributed by atoms with Gasteiger partial charge in [-0.25, -0.2) is 4.79 Å². The molecule has 1 aromatic rings. The lowest BCUT2D eigenvalue weighted by molar-refractivity contribution is -0.122. The van der Waals surface area contributed by atoms with Crippen molar-refractivity contribution in [2.45, 2.75) is 32.0 Å². The summed E-state index contributed by atoms with van der Waals surface area (Å²) in [6.07, 6.45) is -0.915. The predicted molar refractivity (Wildman–Crippen MR) is 78.8 cm³/mol. The maximum absolute atomic E-state index is 12.0. The van der Waals surface area contributed by atoms with Crippen LogP contribution < -0.4 is 15.5 Å². The number of carbonyl (C=O) groups excluding carboxylic acids is 1. The summed E-state index contributed by atoms with van der Waals surface area (Å²) in [5, 5.41) is 4.28. The minimum absolute atomic E-state index is 0.205. The molecule has 0 unspecified atom stereocenters. The molecule has 2 amide bonds. The fourth-order valence-electron chi connectivity index (χ4n) is 2.52. The van der Waals surface area contributed by atoms with Gasteiger partial charge in [-0.1, -0.05) is 18.2 Å². The van der Waals surface area contributed by atoms with Gasteiger partial charge < -0.3 is 15.5 Å². The van der Waals surface area contributed by atoms with E-state index in [4.69, 9.17) is 0 Å². The molecule has 0 aromatic heterocycles. The van der Waals surface area contributed by atoms with Gasteiger partial charge in [0.2, 0.25) is 0 Å². The van der Waals surface area contributed by atoms with Crippen molar-refractivity contribution in [1.29, 1.82) is 0 Å². The highest BCUT2D eigenvalue weighted by Crippen LogP contribution is 2.23. The second-order valence-electron chi connectivity index (χ2n) is 5.33. The van der Waals surface area contributed by atoms with Gasteiger partial charge in [-0.3, -0.25) is 0 Å². The van der Waals surface area contributed by atoms with E-state index in [1.54, 1.807) is 5.32 Å². The molecule has 1 aliphatic rings. The zero-order chi connectivity index (χ0) is 16.0. The van der Waals surface area contributed by atoms with Crippen LogP contribution in [0.25, 0.3) is 0 Å². The zero-order valence-corrected chi connectivity index (χ0v) is 12.2. The number of alkyl halides is 3. The number of amides is 2. The first-order chi connectivity index (χ1) is 10.5. The third kappa shape index (κ3) is 5.13. The Bertz CT molecular complexity index is 499. The van der Waals surface area contributed by atoms with Crippen molar-refractivity contribution < 1.29 is 18.0 Å². The maximum Gasteiger partial charge on any atom is 0.405 e. The summed E-state index contributed by atoms with van der Waals surface area (Å²) in [6.45, 7) is 0.817. The molecule has 122 valence electrons. The smallest absolute Gasteiger partial charge is 0.371 e. The van der Waals surface area contributed by atoms with E-state index in [0.717, 1.165) is 37.2 Å². The minimum atomic E-state index is -4.40. The molecular formula is C15H20F3N3O. The average Bonchev–Trinajstić information content (AvgIpc) is 2.51. The van der Waals surface area contributed by atoms with E-state index in [9.17, 15) is 18.0 Å². The molecule has 0 atom stereocenters. The Hall–Kier alpha value is -1.92. The van der Waals surface area contributed by atoms with Crippen molar-refractivity contribution in [3.63, 3.8) is 0 Å². The van der Waals surface area contributed by atoms with Gasteiger partial charge in [0.1, 0.15) is 6.54 Å². The molecule has 1 saturated heterocycles. The van der Waals surface area contributed by atoms with Crippen LogP contribution in [0.1, 0.15) is 24.8 Å². The Morgan fingerprint density at radius 2 is 1.77 bits per heavy atom. The number of halogens is 3. The summed E-state index contributed by atoms with van der Waals surface area (Å²) in [7, 11) is 0. The van der Waals surface area contributed by atoms with Gasteiger partial charge >= 0.3 is 12.2 Å². The highest BCUT2D eigenvalue weighted by Gasteiger charge is 2.27. The van der Waals surface area contributed by atoms with E-state index in [0.29, 0.717) is 0 Å². The largest absolute Gasteiger partial charge is 0.405 e.